The predicted octanol–water partition coefficient (Wildman–Crippen LogP) is 2.68. The van der Waals surface area contributed by atoms with Gasteiger partial charge in [0, 0.05) is 17.6 Å². The van der Waals surface area contributed by atoms with E-state index in [2.05, 4.69) is 17.1 Å². The number of pyridine rings is 1. The van der Waals surface area contributed by atoms with Gasteiger partial charge < -0.3 is 15.2 Å². The van der Waals surface area contributed by atoms with E-state index in [-0.39, 0.29) is 6.04 Å². The highest BCUT2D eigenvalue weighted by molar-refractivity contribution is 5.83. The quantitative estimate of drug-likeness (QED) is 0.939. The lowest BCUT2D eigenvalue weighted by atomic mass is 9.98. The lowest BCUT2D eigenvalue weighted by Gasteiger charge is -2.26. The van der Waals surface area contributed by atoms with Gasteiger partial charge in [-0.3, -0.25) is 4.98 Å². The van der Waals surface area contributed by atoms with Crippen LogP contribution in [-0.2, 0) is 11.2 Å². The van der Waals surface area contributed by atoms with E-state index >= 15 is 0 Å². The lowest BCUT2D eigenvalue weighted by Crippen LogP contribution is -2.35. The fourth-order valence-corrected chi connectivity index (χ4v) is 2.90. The largest absolute Gasteiger partial charge is 0.497 e. The first kappa shape index (κ1) is 14.3. The summed E-state index contributed by atoms with van der Waals surface area (Å²) in [6, 6.07) is 8.33. The predicted molar refractivity (Wildman–Crippen MR) is 83.6 cm³/mol. The van der Waals surface area contributed by atoms with Gasteiger partial charge in [0.2, 0.25) is 0 Å². The van der Waals surface area contributed by atoms with Gasteiger partial charge in [0.25, 0.3) is 0 Å². The second-order valence-electron chi connectivity index (χ2n) is 5.68. The number of methoxy groups -OCH3 is 1. The SMILES string of the molecule is COc1ccc2nccc(CC[C@@H]3CC[C@@H](N)CO3)c2c1. The molecule has 4 nitrogen and oxygen atoms in total. The zero-order valence-corrected chi connectivity index (χ0v) is 12.4. The molecule has 1 aromatic carbocycles. The summed E-state index contributed by atoms with van der Waals surface area (Å²) in [4.78, 5) is 4.42. The van der Waals surface area contributed by atoms with Gasteiger partial charge in [-0.25, -0.2) is 0 Å². The number of ether oxygens (including phenoxy) is 2. The number of aromatic nitrogens is 1. The molecule has 2 aromatic rings. The van der Waals surface area contributed by atoms with Crippen molar-refractivity contribution in [3.8, 4) is 5.75 Å². The van der Waals surface area contributed by atoms with Crippen LogP contribution in [0.1, 0.15) is 24.8 Å². The van der Waals surface area contributed by atoms with Gasteiger partial charge >= 0.3 is 0 Å². The molecule has 2 N–H and O–H groups in total. The molecular weight excluding hydrogens is 264 g/mol. The van der Waals surface area contributed by atoms with Gasteiger partial charge in [-0.1, -0.05) is 0 Å². The Balaban J connectivity index is 1.74. The Kier molecular flexibility index (Phi) is 4.36. The van der Waals surface area contributed by atoms with Crippen LogP contribution in [0.2, 0.25) is 0 Å². The Morgan fingerprint density at radius 1 is 1.33 bits per heavy atom. The summed E-state index contributed by atoms with van der Waals surface area (Å²) in [7, 11) is 1.69. The average molecular weight is 286 g/mol. The maximum Gasteiger partial charge on any atom is 0.119 e. The number of hydrogen-bond acceptors (Lipinski definition) is 4. The zero-order chi connectivity index (χ0) is 14.7. The van der Waals surface area contributed by atoms with E-state index in [1.54, 1.807) is 7.11 Å². The summed E-state index contributed by atoms with van der Waals surface area (Å²) in [5, 5.41) is 1.17. The molecule has 1 aliphatic rings. The number of aryl methyl sites for hydroxylation is 1. The molecule has 0 radical (unpaired) electrons. The normalized spacial score (nSPS) is 22.4. The molecule has 21 heavy (non-hydrogen) atoms. The maximum atomic E-state index is 5.86. The summed E-state index contributed by atoms with van der Waals surface area (Å²) < 4.78 is 11.1. The number of fused-ring (bicyclic) bond motifs is 1. The van der Waals surface area contributed by atoms with Crippen molar-refractivity contribution in [3.63, 3.8) is 0 Å². The van der Waals surface area contributed by atoms with Gasteiger partial charge in [-0.15, -0.1) is 0 Å². The first-order valence-electron chi connectivity index (χ1n) is 7.55. The number of benzene rings is 1. The Morgan fingerprint density at radius 2 is 2.24 bits per heavy atom. The second kappa shape index (κ2) is 6.41. The van der Waals surface area contributed by atoms with E-state index < -0.39 is 0 Å². The average Bonchev–Trinajstić information content (AvgIpc) is 2.54. The maximum absolute atomic E-state index is 5.86. The van der Waals surface area contributed by atoms with E-state index in [0.29, 0.717) is 12.7 Å². The highest BCUT2D eigenvalue weighted by atomic mass is 16.5. The molecule has 1 saturated heterocycles. The Morgan fingerprint density at radius 3 is 3.00 bits per heavy atom. The van der Waals surface area contributed by atoms with Crippen LogP contribution in [0.4, 0.5) is 0 Å². The lowest BCUT2D eigenvalue weighted by molar-refractivity contribution is 0.00116. The van der Waals surface area contributed by atoms with Gasteiger partial charge in [0.1, 0.15) is 5.75 Å². The highest BCUT2D eigenvalue weighted by Crippen LogP contribution is 2.25. The third kappa shape index (κ3) is 3.34. The van der Waals surface area contributed by atoms with Gasteiger partial charge in [-0.05, 0) is 55.5 Å². The molecule has 2 atom stereocenters. The third-order valence-corrected chi connectivity index (χ3v) is 4.18. The molecule has 0 amide bonds. The van der Waals surface area contributed by atoms with Crippen molar-refractivity contribution >= 4 is 10.9 Å². The van der Waals surface area contributed by atoms with Crippen molar-refractivity contribution in [1.82, 2.24) is 4.98 Å². The van der Waals surface area contributed by atoms with Crippen LogP contribution >= 0.6 is 0 Å². The monoisotopic (exact) mass is 286 g/mol. The standard InChI is InChI=1S/C17H22N2O2/c1-20-15-6-7-17-16(10-15)12(8-9-19-17)2-4-14-5-3-13(18)11-21-14/h6-10,13-14H,2-5,11,18H2,1H3/t13-,14-/m1/s1. The number of nitrogens with two attached hydrogens (primary N) is 1. The summed E-state index contributed by atoms with van der Waals surface area (Å²) in [6.45, 7) is 0.690. The van der Waals surface area contributed by atoms with Crippen LogP contribution in [0.15, 0.2) is 30.5 Å². The molecule has 4 heteroatoms. The molecule has 112 valence electrons. The summed E-state index contributed by atoms with van der Waals surface area (Å²) in [5.41, 5.74) is 8.18. The molecule has 1 aliphatic heterocycles. The van der Waals surface area contributed by atoms with Crippen LogP contribution in [0.3, 0.4) is 0 Å². The molecule has 1 fully saturated rings. The summed E-state index contributed by atoms with van der Waals surface area (Å²) in [5.74, 6) is 0.872. The van der Waals surface area contributed by atoms with E-state index in [1.165, 1.54) is 10.9 Å². The minimum Gasteiger partial charge on any atom is -0.497 e. The summed E-state index contributed by atoms with van der Waals surface area (Å²) >= 11 is 0. The van der Waals surface area contributed by atoms with Gasteiger partial charge in [-0.2, -0.15) is 0 Å². The number of hydrogen-bond donors (Lipinski definition) is 1. The molecule has 3 rings (SSSR count). The van der Waals surface area contributed by atoms with Gasteiger partial charge in [0.15, 0.2) is 0 Å². The van der Waals surface area contributed by atoms with Crippen LogP contribution in [-0.4, -0.2) is 30.8 Å². The zero-order valence-electron chi connectivity index (χ0n) is 12.4. The highest BCUT2D eigenvalue weighted by Gasteiger charge is 2.19. The Labute approximate surface area is 125 Å². The molecule has 0 spiro atoms. The molecule has 0 aliphatic carbocycles. The van der Waals surface area contributed by atoms with Crippen molar-refractivity contribution in [2.75, 3.05) is 13.7 Å². The van der Waals surface area contributed by atoms with Crippen LogP contribution in [0.5, 0.6) is 5.75 Å². The minimum absolute atomic E-state index is 0.215. The van der Waals surface area contributed by atoms with Crippen LogP contribution in [0.25, 0.3) is 10.9 Å². The molecular formula is C17H22N2O2. The minimum atomic E-state index is 0.215. The van der Waals surface area contributed by atoms with Crippen molar-refractivity contribution in [1.29, 1.82) is 0 Å². The van der Waals surface area contributed by atoms with Crippen molar-refractivity contribution in [3.05, 3.63) is 36.0 Å². The van der Waals surface area contributed by atoms with Crippen molar-refractivity contribution < 1.29 is 9.47 Å². The van der Waals surface area contributed by atoms with Crippen LogP contribution in [0, 0.1) is 0 Å². The smallest absolute Gasteiger partial charge is 0.119 e. The summed E-state index contributed by atoms with van der Waals surface area (Å²) in [6.07, 6.45) is 6.36. The topological polar surface area (TPSA) is 57.4 Å². The first-order chi connectivity index (χ1) is 10.3. The Hall–Kier alpha value is -1.65. The number of rotatable bonds is 4. The Bertz CT molecular complexity index is 607. The van der Waals surface area contributed by atoms with Gasteiger partial charge in [0.05, 0.1) is 25.3 Å². The van der Waals surface area contributed by atoms with E-state index in [4.69, 9.17) is 15.2 Å². The fraction of sp³-hybridized carbons (Fsp3) is 0.471. The molecule has 1 aromatic heterocycles. The molecule has 0 bridgehead atoms. The third-order valence-electron chi connectivity index (χ3n) is 4.18. The van der Waals surface area contributed by atoms with E-state index in [1.807, 2.05) is 18.3 Å². The second-order valence-corrected chi connectivity index (χ2v) is 5.68. The van der Waals surface area contributed by atoms with E-state index in [9.17, 15) is 0 Å². The van der Waals surface area contributed by atoms with Crippen LogP contribution < -0.4 is 10.5 Å². The first-order valence-corrected chi connectivity index (χ1v) is 7.55. The molecule has 2 heterocycles. The molecule has 0 unspecified atom stereocenters. The van der Waals surface area contributed by atoms with E-state index in [0.717, 1.165) is 36.9 Å². The molecule has 0 saturated carbocycles. The van der Waals surface area contributed by atoms with Crippen molar-refractivity contribution in [2.24, 2.45) is 5.73 Å². The fourth-order valence-electron chi connectivity index (χ4n) is 2.90. The number of nitrogens with zero attached hydrogens (tertiary/aromatic N) is 1. The van der Waals surface area contributed by atoms with Crippen molar-refractivity contribution in [2.45, 2.75) is 37.8 Å².